The van der Waals surface area contributed by atoms with Gasteiger partial charge in [0.1, 0.15) is 12.4 Å². The fourth-order valence-electron chi connectivity index (χ4n) is 4.29. The monoisotopic (exact) mass is 509 g/mol. The van der Waals surface area contributed by atoms with E-state index in [1.807, 2.05) is 24.3 Å². The van der Waals surface area contributed by atoms with Gasteiger partial charge in [-0.1, -0.05) is 0 Å². The molecule has 0 saturated carbocycles. The van der Waals surface area contributed by atoms with Gasteiger partial charge in [-0.2, -0.15) is 0 Å². The van der Waals surface area contributed by atoms with E-state index in [2.05, 4.69) is 25.5 Å². The van der Waals surface area contributed by atoms with Gasteiger partial charge in [-0.15, -0.1) is 11.8 Å². The summed E-state index contributed by atoms with van der Waals surface area (Å²) in [4.78, 5) is 36.3. The number of thioether (sulfide) groups is 1. The fourth-order valence-corrected chi connectivity index (χ4v) is 5.08. The van der Waals surface area contributed by atoms with Crippen molar-refractivity contribution in [3.63, 3.8) is 0 Å². The highest BCUT2D eigenvalue weighted by Crippen LogP contribution is 2.32. The van der Waals surface area contributed by atoms with Crippen LogP contribution < -0.4 is 20.1 Å². The molecule has 3 N–H and O–H groups in total. The Morgan fingerprint density at radius 2 is 2.17 bits per heavy atom. The molecule has 10 nitrogen and oxygen atoms in total. The maximum Gasteiger partial charge on any atom is 0.251 e. The van der Waals surface area contributed by atoms with E-state index in [-0.39, 0.29) is 17.9 Å². The first-order chi connectivity index (χ1) is 17.5. The normalized spacial score (nSPS) is 19.9. The third-order valence-corrected chi connectivity index (χ3v) is 7.32. The van der Waals surface area contributed by atoms with Crippen molar-refractivity contribution in [2.24, 2.45) is 0 Å². The highest BCUT2D eigenvalue weighted by molar-refractivity contribution is 8.00. The number of amides is 2. The van der Waals surface area contributed by atoms with Gasteiger partial charge in [0, 0.05) is 36.2 Å². The Balaban J connectivity index is 1.10. The van der Waals surface area contributed by atoms with Crippen LogP contribution in [0.5, 0.6) is 11.6 Å². The van der Waals surface area contributed by atoms with Crippen LogP contribution in [-0.2, 0) is 4.79 Å². The van der Waals surface area contributed by atoms with Gasteiger partial charge in [0.25, 0.3) is 5.91 Å². The number of benzene rings is 2. The van der Waals surface area contributed by atoms with Crippen LogP contribution in [0.25, 0.3) is 11.0 Å². The SMILES string of the molecule is COc1ccc2ncc(OCCN3CC[C@@H](NC(=O)c4ccc5c(c4)NC(=O)CS5)[C@@H](O)C3)nc2c1. The number of aliphatic hydroxyl groups is 1. The summed E-state index contributed by atoms with van der Waals surface area (Å²) in [6, 6.07) is 10.4. The first-order valence-electron chi connectivity index (χ1n) is 11.7. The van der Waals surface area contributed by atoms with Crippen LogP contribution in [0.1, 0.15) is 16.8 Å². The van der Waals surface area contributed by atoms with Crippen LogP contribution in [-0.4, -0.2) is 83.0 Å². The number of hydrogen-bond donors (Lipinski definition) is 3. The number of likely N-dealkylation sites (tertiary alicyclic amines) is 1. The number of carbonyl (C=O) groups excluding carboxylic acids is 2. The van der Waals surface area contributed by atoms with Crippen LogP contribution in [0.3, 0.4) is 0 Å². The molecule has 5 rings (SSSR count). The number of anilines is 1. The molecule has 3 heterocycles. The summed E-state index contributed by atoms with van der Waals surface area (Å²) in [6.45, 7) is 2.14. The summed E-state index contributed by atoms with van der Waals surface area (Å²) in [6.07, 6.45) is 1.50. The third-order valence-electron chi connectivity index (χ3n) is 6.24. The van der Waals surface area contributed by atoms with Gasteiger partial charge in [-0.25, -0.2) is 9.97 Å². The number of rotatable bonds is 7. The molecule has 2 amide bonds. The molecular weight excluding hydrogens is 482 g/mol. The second-order valence-electron chi connectivity index (χ2n) is 8.70. The number of aliphatic hydroxyl groups excluding tert-OH is 1. The second-order valence-corrected chi connectivity index (χ2v) is 9.71. The zero-order valence-corrected chi connectivity index (χ0v) is 20.6. The van der Waals surface area contributed by atoms with Crippen molar-refractivity contribution in [1.82, 2.24) is 20.2 Å². The summed E-state index contributed by atoms with van der Waals surface area (Å²) in [5.74, 6) is 1.16. The molecule has 36 heavy (non-hydrogen) atoms. The summed E-state index contributed by atoms with van der Waals surface area (Å²) in [5, 5.41) is 16.4. The number of nitrogens with one attached hydrogen (secondary N) is 2. The van der Waals surface area contributed by atoms with Crippen molar-refractivity contribution in [1.29, 1.82) is 0 Å². The number of piperidine rings is 1. The Morgan fingerprint density at radius 3 is 3.00 bits per heavy atom. The van der Waals surface area contributed by atoms with E-state index < -0.39 is 6.10 Å². The molecule has 0 unspecified atom stereocenters. The minimum absolute atomic E-state index is 0.0790. The zero-order chi connectivity index (χ0) is 25.1. The molecule has 3 aromatic rings. The minimum atomic E-state index is -0.705. The largest absolute Gasteiger partial charge is 0.497 e. The van der Waals surface area contributed by atoms with Gasteiger partial charge < -0.3 is 25.2 Å². The molecule has 1 aromatic heterocycles. The number of nitrogens with zero attached hydrogens (tertiary/aromatic N) is 3. The number of methoxy groups -OCH3 is 1. The minimum Gasteiger partial charge on any atom is -0.497 e. The average molecular weight is 510 g/mol. The van der Waals surface area contributed by atoms with Crippen LogP contribution >= 0.6 is 11.8 Å². The van der Waals surface area contributed by atoms with Crippen LogP contribution in [0, 0.1) is 0 Å². The fraction of sp³-hybridized carbons (Fsp3) is 0.360. The molecule has 2 aliphatic heterocycles. The number of hydrogen-bond acceptors (Lipinski definition) is 9. The van der Waals surface area contributed by atoms with Crippen molar-refractivity contribution in [3.05, 3.63) is 48.2 Å². The predicted molar refractivity (Wildman–Crippen MR) is 136 cm³/mol. The Hall–Kier alpha value is -3.41. The Bertz CT molecular complexity index is 1290. The number of ether oxygens (including phenoxy) is 2. The summed E-state index contributed by atoms with van der Waals surface area (Å²) in [5.41, 5.74) is 2.55. The molecule has 2 aromatic carbocycles. The predicted octanol–water partition coefficient (Wildman–Crippen LogP) is 1.93. The van der Waals surface area contributed by atoms with E-state index in [0.29, 0.717) is 66.8 Å². The third kappa shape index (κ3) is 5.53. The van der Waals surface area contributed by atoms with Crippen molar-refractivity contribution in [3.8, 4) is 11.6 Å². The molecule has 2 atom stereocenters. The average Bonchev–Trinajstić information content (AvgIpc) is 2.89. The van der Waals surface area contributed by atoms with E-state index in [1.165, 1.54) is 11.8 Å². The lowest BCUT2D eigenvalue weighted by molar-refractivity contribution is -0.113. The molecule has 1 fully saturated rings. The Morgan fingerprint density at radius 1 is 1.28 bits per heavy atom. The van der Waals surface area contributed by atoms with Gasteiger partial charge in [0.05, 0.1) is 47.9 Å². The van der Waals surface area contributed by atoms with Crippen molar-refractivity contribution in [2.45, 2.75) is 23.5 Å². The lowest BCUT2D eigenvalue weighted by Crippen LogP contribution is -2.54. The summed E-state index contributed by atoms with van der Waals surface area (Å²) < 4.78 is 11.0. The van der Waals surface area contributed by atoms with Crippen molar-refractivity contribution < 1.29 is 24.2 Å². The molecule has 0 spiro atoms. The van der Waals surface area contributed by atoms with Gasteiger partial charge in [0.2, 0.25) is 11.8 Å². The number of carbonyl (C=O) groups is 2. The standard InChI is InChI=1S/C25H27N5O5S/c1-34-16-3-4-17-19(11-16)28-24(12-26-17)35-9-8-30-7-6-18(21(31)13-30)29-25(33)15-2-5-22-20(10-15)27-23(32)14-36-22/h2-5,10-12,18,21,31H,6-9,13-14H2,1H3,(H,27,32)(H,29,33)/t18-,21+/m1/s1. The van der Waals surface area contributed by atoms with Gasteiger partial charge in [-0.05, 0) is 36.8 Å². The van der Waals surface area contributed by atoms with Crippen LogP contribution in [0.4, 0.5) is 5.69 Å². The topological polar surface area (TPSA) is 126 Å². The van der Waals surface area contributed by atoms with Crippen molar-refractivity contribution >= 4 is 40.3 Å². The van der Waals surface area contributed by atoms with Gasteiger partial charge >= 0.3 is 0 Å². The molecule has 188 valence electrons. The maximum absolute atomic E-state index is 12.8. The number of β-amino-alcohol motifs (C(OH)–C–C–N with tert-alkyl or cyclic N) is 1. The molecule has 1 saturated heterocycles. The van der Waals surface area contributed by atoms with E-state index in [0.717, 1.165) is 10.4 Å². The number of fused-ring (bicyclic) bond motifs is 2. The maximum atomic E-state index is 12.8. The Kier molecular flexibility index (Phi) is 7.21. The highest BCUT2D eigenvalue weighted by atomic mass is 32.2. The first-order valence-corrected chi connectivity index (χ1v) is 12.7. The highest BCUT2D eigenvalue weighted by Gasteiger charge is 2.29. The molecule has 0 aliphatic carbocycles. The van der Waals surface area contributed by atoms with Gasteiger partial charge in [-0.3, -0.25) is 14.5 Å². The van der Waals surface area contributed by atoms with Crippen molar-refractivity contribution in [2.75, 3.05) is 44.4 Å². The molecule has 11 heteroatoms. The molecular formula is C25H27N5O5S. The zero-order valence-electron chi connectivity index (χ0n) is 19.8. The van der Waals surface area contributed by atoms with Crippen LogP contribution in [0.2, 0.25) is 0 Å². The smallest absolute Gasteiger partial charge is 0.251 e. The van der Waals surface area contributed by atoms with Gasteiger partial charge in [0.15, 0.2) is 0 Å². The number of aromatic nitrogens is 2. The van der Waals surface area contributed by atoms with Crippen LogP contribution in [0.15, 0.2) is 47.5 Å². The summed E-state index contributed by atoms with van der Waals surface area (Å²) in [7, 11) is 1.60. The molecule has 0 bridgehead atoms. The molecule has 0 radical (unpaired) electrons. The van der Waals surface area contributed by atoms with E-state index >= 15 is 0 Å². The molecule has 2 aliphatic rings. The van der Waals surface area contributed by atoms with E-state index in [4.69, 9.17) is 9.47 Å². The summed E-state index contributed by atoms with van der Waals surface area (Å²) >= 11 is 1.45. The van der Waals surface area contributed by atoms with E-state index in [9.17, 15) is 14.7 Å². The second kappa shape index (κ2) is 10.7. The first kappa shape index (κ1) is 24.3. The lowest BCUT2D eigenvalue weighted by Gasteiger charge is -2.36. The lowest BCUT2D eigenvalue weighted by atomic mass is 10.0. The quantitative estimate of drug-likeness (QED) is 0.438. The Labute approximate surface area is 212 Å². The van der Waals surface area contributed by atoms with E-state index in [1.54, 1.807) is 25.4 Å².